The molecule has 0 bridgehead atoms. The van der Waals surface area contributed by atoms with Crippen LogP contribution in [0.2, 0.25) is 0 Å². The summed E-state index contributed by atoms with van der Waals surface area (Å²) in [5.41, 5.74) is 0. The number of carboxylic acid groups (broad SMARTS) is 1. The second kappa shape index (κ2) is 3.01. The van der Waals surface area contributed by atoms with Gasteiger partial charge in [-0.25, -0.2) is 4.79 Å². The van der Waals surface area contributed by atoms with Crippen molar-refractivity contribution in [3.8, 4) is 0 Å². The van der Waals surface area contributed by atoms with Crippen LogP contribution < -0.4 is 0 Å². The number of fused-ring (bicyclic) bond motifs is 1. The van der Waals surface area contributed by atoms with Gasteiger partial charge in [-0.05, 0) is 18.8 Å². The predicted octanol–water partition coefficient (Wildman–Crippen LogP) is 0.584. The standard InChI is InChI=1S/C9H14N2O2/c1-6-2-3-7-4-10-8(9(12)13)11(7)5-6/h6-7H,2-5H2,1H3,(H,12,13). The molecule has 13 heavy (non-hydrogen) atoms. The molecule has 0 aliphatic carbocycles. The monoisotopic (exact) mass is 182 g/mol. The summed E-state index contributed by atoms with van der Waals surface area (Å²) in [5, 5.41) is 8.87. The number of piperidine rings is 1. The SMILES string of the molecule is CC1CCC2CN=C(C(=O)O)N2C1. The van der Waals surface area contributed by atoms with Crippen LogP contribution in [-0.2, 0) is 4.79 Å². The minimum atomic E-state index is -0.878. The Hall–Kier alpha value is -1.06. The minimum Gasteiger partial charge on any atom is -0.475 e. The molecule has 0 spiro atoms. The van der Waals surface area contributed by atoms with Gasteiger partial charge in [-0.15, -0.1) is 0 Å². The summed E-state index contributed by atoms with van der Waals surface area (Å²) >= 11 is 0. The molecular weight excluding hydrogens is 168 g/mol. The molecule has 0 aromatic carbocycles. The van der Waals surface area contributed by atoms with Crippen molar-refractivity contribution < 1.29 is 9.90 Å². The van der Waals surface area contributed by atoms with Crippen molar-refractivity contribution >= 4 is 11.8 Å². The highest BCUT2D eigenvalue weighted by Gasteiger charge is 2.35. The van der Waals surface area contributed by atoms with E-state index in [0.717, 1.165) is 13.0 Å². The van der Waals surface area contributed by atoms with Crippen molar-refractivity contribution in [2.45, 2.75) is 25.8 Å². The lowest BCUT2D eigenvalue weighted by molar-refractivity contribution is -0.130. The molecule has 0 aromatic heterocycles. The third-order valence-electron chi connectivity index (χ3n) is 2.86. The fraction of sp³-hybridized carbons (Fsp3) is 0.778. The summed E-state index contributed by atoms with van der Waals surface area (Å²) in [6, 6.07) is 0.363. The summed E-state index contributed by atoms with van der Waals surface area (Å²) in [5.74, 6) is -0.00736. The highest BCUT2D eigenvalue weighted by molar-refractivity contribution is 6.34. The van der Waals surface area contributed by atoms with Crippen LogP contribution >= 0.6 is 0 Å². The predicted molar refractivity (Wildman–Crippen MR) is 48.8 cm³/mol. The van der Waals surface area contributed by atoms with Crippen LogP contribution in [0, 0.1) is 5.92 Å². The van der Waals surface area contributed by atoms with Crippen molar-refractivity contribution in [2.24, 2.45) is 10.9 Å². The van der Waals surface area contributed by atoms with E-state index in [2.05, 4.69) is 11.9 Å². The van der Waals surface area contributed by atoms with Crippen molar-refractivity contribution in [1.82, 2.24) is 4.90 Å². The number of hydrogen-bond acceptors (Lipinski definition) is 3. The van der Waals surface area contributed by atoms with E-state index < -0.39 is 5.97 Å². The van der Waals surface area contributed by atoms with Gasteiger partial charge < -0.3 is 10.0 Å². The first-order valence-electron chi connectivity index (χ1n) is 4.73. The molecule has 2 rings (SSSR count). The van der Waals surface area contributed by atoms with Crippen molar-refractivity contribution in [1.29, 1.82) is 0 Å². The minimum absolute atomic E-state index is 0.275. The molecule has 2 atom stereocenters. The van der Waals surface area contributed by atoms with Crippen molar-refractivity contribution in [3.63, 3.8) is 0 Å². The highest BCUT2D eigenvalue weighted by Crippen LogP contribution is 2.25. The quantitative estimate of drug-likeness (QED) is 0.645. The number of rotatable bonds is 1. The molecule has 2 unspecified atom stereocenters. The van der Waals surface area contributed by atoms with Crippen LogP contribution in [-0.4, -0.2) is 40.9 Å². The van der Waals surface area contributed by atoms with E-state index in [-0.39, 0.29) is 5.84 Å². The zero-order valence-electron chi connectivity index (χ0n) is 7.73. The molecule has 2 heterocycles. The van der Waals surface area contributed by atoms with Crippen LogP contribution in [0.4, 0.5) is 0 Å². The Bertz CT molecular complexity index is 262. The zero-order chi connectivity index (χ0) is 9.42. The Morgan fingerprint density at radius 3 is 3.08 bits per heavy atom. The van der Waals surface area contributed by atoms with Crippen LogP contribution in [0.1, 0.15) is 19.8 Å². The van der Waals surface area contributed by atoms with E-state index in [1.165, 1.54) is 6.42 Å². The Kier molecular flexibility index (Phi) is 1.98. The van der Waals surface area contributed by atoms with E-state index in [1.54, 1.807) is 0 Å². The van der Waals surface area contributed by atoms with Crippen LogP contribution in [0.5, 0.6) is 0 Å². The average molecular weight is 182 g/mol. The molecule has 1 saturated heterocycles. The summed E-state index contributed by atoms with van der Waals surface area (Å²) < 4.78 is 0. The second-order valence-corrected chi connectivity index (χ2v) is 3.96. The fourth-order valence-electron chi connectivity index (χ4n) is 2.13. The third kappa shape index (κ3) is 1.41. The fourth-order valence-corrected chi connectivity index (χ4v) is 2.13. The summed E-state index contributed by atoms with van der Waals surface area (Å²) in [4.78, 5) is 16.8. The molecule has 0 radical (unpaired) electrons. The third-order valence-corrected chi connectivity index (χ3v) is 2.86. The Balaban J connectivity index is 2.13. The normalized spacial score (nSPS) is 32.7. The van der Waals surface area contributed by atoms with E-state index in [0.29, 0.717) is 18.5 Å². The molecule has 4 nitrogen and oxygen atoms in total. The maximum Gasteiger partial charge on any atom is 0.371 e. The lowest BCUT2D eigenvalue weighted by Crippen LogP contribution is -2.45. The number of nitrogens with zero attached hydrogens (tertiary/aromatic N) is 2. The first-order valence-corrected chi connectivity index (χ1v) is 4.73. The maximum absolute atomic E-state index is 10.8. The largest absolute Gasteiger partial charge is 0.475 e. The lowest BCUT2D eigenvalue weighted by atomic mass is 9.95. The van der Waals surface area contributed by atoms with Gasteiger partial charge in [-0.2, -0.15) is 0 Å². The number of amidine groups is 1. The smallest absolute Gasteiger partial charge is 0.371 e. The lowest BCUT2D eigenvalue weighted by Gasteiger charge is -2.34. The summed E-state index contributed by atoms with van der Waals surface area (Å²) in [7, 11) is 0. The molecule has 2 aliphatic heterocycles. The molecule has 1 N–H and O–H groups in total. The molecule has 0 amide bonds. The number of hydrogen-bond donors (Lipinski definition) is 1. The Morgan fingerprint density at radius 2 is 2.38 bits per heavy atom. The Morgan fingerprint density at radius 1 is 1.62 bits per heavy atom. The summed E-state index contributed by atoms with van der Waals surface area (Å²) in [6.07, 6.45) is 2.28. The van der Waals surface area contributed by atoms with Gasteiger partial charge in [0.2, 0.25) is 5.84 Å². The van der Waals surface area contributed by atoms with Gasteiger partial charge in [0.15, 0.2) is 0 Å². The van der Waals surface area contributed by atoms with Gasteiger partial charge in [-0.3, -0.25) is 4.99 Å². The van der Waals surface area contributed by atoms with Gasteiger partial charge in [0.25, 0.3) is 0 Å². The maximum atomic E-state index is 10.8. The topological polar surface area (TPSA) is 52.9 Å². The second-order valence-electron chi connectivity index (χ2n) is 3.96. The van der Waals surface area contributed by atoms with Crippen LogP contribution in [0.15, 0.2) is 4.99 Å². The molecule has 72 valence electrons. The van der Waals surface area contributed by atoms with E-state index in [4.69, 9.17) is 5.11 Å². The van der Waals surface area contributed by atoms with Crippen LogP contribution in [0.25, 0.3) is 0 Å². The van der Waals surface area contributed by atoms with Crippen molar-refractivity contribution in [2.75, 3.05) is 13.1 Å². The summed E-state index contributed by atoms with van der Waals surface area (Å²) in [6.45, 7) is 3.69. The number of aliphatic imine (C=N–C) groups is 1. The molecule has 4 heteroatoms. The first kappa shape index (κ1) is 8.53. The van der Waals surface area contributed by atoms with Gasteiger partial charge in [0, 0.05) is 6.54 Å². The van der Waals surface area contributed by atoms with Crippen molar-refractivity contribution in [3.05, 3.63) is 0 Å². The van der Waals surface area contributed by atoms with Gasteiger partial charge >= 0.3 is 5.97 Å². The van der Waals surface area contributed by atoms with E-state index in [1.807, 2.05) is 4.90 Å². The highest BCUT2D eigenvalue weighted by atomic mass is 16.4. The molecule has 2 aliphatic rings. The van der Waals surface area contributed by atoms with Gasteiger partial charge in [-0.1, -0.05) is 6.92 Å². The average Bonchev–Trinajstić information content (AvgIpc) is 2.46. The van der Waals surface area contributed by atoms with Gasteiger partial charge in [0.05, 0.1) is 12.6 Å². The molecule has 0 saturated carbocycles. The molecule has 0 aromatic rings. The van der Waals surface area contributed by atoms with E-state index in [9.17, 15) is 4.79 Å². The number of carboxylic acids is 1. The number of carbonyl (C=O) groups is 1. The molecule has 1 fully saturated rings. The zero-order valence-corrected chi connectivity index (χ0v) is 7.73. The van der Waals surface area contributed by atoms with E-state index >= 15 is 0 Å². The Labute approximate surface area is 77.3 Å². The molecular formula is C9H14N2O2. The van der Waals surface area contributed by atoms with Crippen LogP contribution in [0.3, 0.4) is 0 Å². The first-order chi connectivity index (χ1) is 6.18. The number of aliphatic carboxylic acids is 1. The van der Waals surface area contributed by atoms with Gasteiger partial charge in [0.1, 0.15) is 0 Å².